The Labute approximate surface area is 81.9 Å². The Hall–Kier alpha value is -1.36. The van der Waals surface area contributed by atoms with E-state index in [-0.39, 0.29) is 0 Å². The van der Waals surface area contributed by atoms with Crippen LogP contribution in [0.3, 0.4) is 0 Å². The molecule has 0 aliphatic rings. The summed E-state index contributed by atoms with van der Waals surface area (Å²) in [5.41, 5.74) is 1.55. The SMILES string of the molecule is Cc1cnc2[nH]cc(S(C)(=O)=O)c2c1. The average molecular weight is 210 g/mol. The van der Waals surface area contributed by atoms with Crippen LogP contribution in [-0.2, 0) is 9.84 Å². The van der Waals surface area contributed by atoms with Crippen LogP contribution in [0.15, 0.2) is 23.4 Å². The lowest BCUT2D eigenvalue weighted by atomic mass is 10.2. The summed E-state index contributed by atoms with van der Waals surface area (Å²) >= 11 is 0. The number of nitrogens with zero attached hydrogens (tertiary/aromatic N) is 1. The monoisotopic (exact) mass is 210 g/mol. The molecule has 4 nitrogen and oxygen atoms in total. The van der Waals surface area contributed by atoms with Crippen molar-refractivity contribution in [3.8, 4) is 0 Å². The number of H-pyrrole nitrogens is 1. The van der Waals surface area contributed by atoms with E-state index in [0.717, 1.165) is 5.56 Å². The summed E-state index contributed by atoms with van der Waals surface area (Å²) in [6.45, 7) is 1.88. The molecule has 0 aliphatic heterocycles. The number of aryl methyl sites for hydroxylation is 1. The number of aromatic amines is 1. The van der Waals surface area contributed by atoms with Crippen LogP contribution in [0.1, 0.15) is 5.56 Å². The van der Waals surface area contributed by atoms with Crippen LogP contribution in [0.2, 0.25) is 0 Å². The average Bonchev–Trinajstić information content (AvgIpc) is 2.45. The van der Waals surface area contributed by atoms with E-state index in [4.69, 9.17) is 0 Å². The molecule has 2 rings (SSSR count). The first kappa shape index (κ1) is 9.21. The van der Waals surface area contributed by atoms with Crippen LogP contribution in [0, 0.1) is 6.92 Å². The molecular weight excluding hydrogens is 200 g/mol. The molecular formula is C9H10N2O2S. The van der Waals surface area contributed by atoms with E-state index < -0.39 is 9.84 Å². The summed E-state index contributed by atoms with van der Waals surface area (Å²) in [6, 6.07) is 1.81. The molecule has 14 heavy (non-hydrogen) atoms. The fourth-order valence-electron chi connectivity index (χ4n) is 1.39. The van der Waals surface area contributed by atoms with Gasteiger partial charge in [0.15, 0.2) is 9.84 Å². The van der Waals surface area contributed by atoms with Crippen LogP contribution >= 0.6 is 0 Å². The van der Waals surface area contributed by atoms with Crippen molar-refractivity contribution in [3.05, 3.63) is 24.0 Å². The summed E-state index contributed by atoms with van der Waals surface area (Å²) in [6.07, 6.45) is 4.37. The van der Waals surface area contributed by atoms with E-state index in [1.807, 2.05) is 13.0 Å². The van der Waals surface area contributed by atoms with E-state index in [0.29, 0.717) is 15.9 Å². The third kappa shape index (κ3) is 1.39. The minimum absolute atomic E-state index is 0.309. The number of nitrogens with one attached hydrogen (secondary N) is 1. The number of aromatic nitrogens is 2. The highest BCUT2D eigenvalue weighted by Crippen LogP contribution is 2.21. The van der Waals surface area contributed by atoms with Crippen LogP contribution in [0.5, 0.6) is 0 Å². The zero-order chi connectivity index (χ0) is 10.3. The Morgan fingerprint density at radius 2 is 2.14 bits per heavy atom. The van der Waals surface area contributed by atoms with E-state index in [1.54, 1.807) is 6.20 Å². The van der Waals surface area contributed by atoms with Gasteiger partial charge in [0, 0.05) is 24.0 Å². The fourth-order valence-corrected chi connectivity index (χ4v) is 2.22. The second-order valence-electron chi connectivity index (χ2n) is 3.33. The van der Waals surface area contributed by atoms with Crippen LogP contribution in [0.25, 0.3) is 11.0 Å². The van der Waals surface area contributed by atoms with Crippen molar-refractivity contribution in [3.63, 3.8) is 0 Å². The second-order valence-corrected chi connectivity index (χ2v) is 5.32. The van der Waals surface area contributed by atoms with E-state index in [2.05, 4.69) is 9.97 Å². The quantitative estimate of drug-likeness (QED) is 0.771. The Bertz CT molecular complexity index is 584. The topological polar surface area (TPSA) is 62.8 Å². The van der Waals surface area contributed by atoms with Crippen LogP contribution in [-0.4, -0.2) is 24.6 Å². The molecule has 0 unspecified atom stereocenters. The summed E-state index contributed by atoms with van der Waals surface area (Å²) in [7, 11) is -3.17. The van der Waals surface area contributed by atoms with E-state index in [1.165, 1.54) is 12.5 Å². The first-order valence-corrected chi connectivity index (χ1v) is 6.01. The molecule has 2 aromatic rings. The van der Waals surface area contributed by atoms with Gasteiger partial charge in [-0.05, 0) is 18.6 Å². The smallest absolute Gasteiger partial charge is 0.177 e. The number of rotatable bonds is 1. The van der Waals surface area contributed by atoms with E-state index >= 15 is 0 Å². The van der Waals surface area contributed by atoms with Crippen molar-refractivity contribution in [2.75, 3.05) is 6.26 Å². The fraction of sp³-hybridized carbons (Fsp3) is 0.222. The van der Waals surface area contributed by atoms with Crippen molar-refractivity contribution >= 4 is 20.9 Å². The number of fused-ring (bicyclic) bond motifs is 1. The van der Waals surface area contributed by atoms with Gasteiger partial charge in [0.25, 0.3) is 0 Å². The van der Waals surface area contributed by atoms with E-state index in [9.17, 15) is 8.42 Å². The molecule has 0 atom stereocenters. The molecule has 0 saturated carbocycles. The highest BCUT2D eigenvalue weighted by molar-refractivity contribution is 7.91. The number of sulfone groups is 1. The van der Waals surface area contributed by atoms with Gasteiger partial charge in [-0.15, -0.1) is 0 Å². The lowest BCUT2D eigenvalue weighted by molar-refractivity contribution is 0.602. The maximum atomic E-state index is 11.4. The molecule has 0 aromatic carbocycles. The van der Waals surface area contributed by atoms with Crippen LogP contribution < -0.4 is 0 Å². The van der Waals surface area contributed by atoms with Crippen LogP contribution in [0.4, 0.5) is 0 Å². The van der Waals surface area contributed by atoms with Gasteiger partial charge in [0.2, 0.25) is 0 Å². The van der Waals surface area contributed by atoms with Gasteiger partial charge in [-0.1, -0.05) is 0 Å². The van der Waals surface area contributed by atoms with Gasteiger partial charge < -0.3 is 4.98 Å². The standard InChI is InChI=1S/C9H10N2O2S/c1-6-3-7-8(14(2,12)13)5-11-9(7)10-4-6/h3-5H,1-2H3,(H,10,11). The molecule has 0 bridgehead atoms. The van der Waals surface area contributed by atoms with Gasteiger partial charge >= 0.3 is 0 Å². The highest BCUT2D eigenvalue weighted by Gasteiger charge is 2.13. The van der Waals surface area contributed by atoms with Gasteiger partial charge in [0.05, 0.1) is 4.90 Å². The summed E-state index contributed by atoms with van der Waals surface area (Å²) in [5, 5.41) is 0.660. The van der Waals surface area contributed by atoms with Crippen molar-refractivity contribution in [1.29, 1.82) is 0 Å². The summed E-state index contributed by atoms with van der Waals surface area (Å²) in [4.78, 5) is 7.24. The number of hydrogen-bond acceptors (Lipinski definition) is 3. The van der Waals surface area contributed by atoms with Gasteiger partial charge in [-0.25, -0.2) is 13.4 Å². The Morgan fingerprint density at radius 1 is 1.43 bits per heavy atom. The molecule has 0 spiro atoms. The van der Waals surface area contributed by atoms with Crippen molar-refractivity contribution in [2.45, 2.75) is 11.8 Å². The molecule has 5 heteroatoms. The zero-order valence-electron chi connectivity index (χ0n) is 7.90. The zero-order valence-corrected chi connectivity index (χ0v) is 8.72. The Morgan fingerprint density at radius 3 is 2.79 bits per heavy atom. The lowest BCUT2D eigenvalue weighted by Crippen LogP contribution is -1.95. The third-order valence-corrected chi connectivity index (χ3v) is 3.17. The minimum Gasteiger partial charge on any atom is -0.345 e. The first-order chi connectivity index (χ1) is 6.48. The van der Waals surface area contributed by atoms with Crippen molar-refractivity contribution < 1.29 is 8.42 Å². The molecule has 0 radical (unpaired) electrons. The predicted molar refractivity (Wildman–Crippen MR) is 53.9 cm³/mol. The molecule has 2 aromatic heterocycles. The van der Waals surface area contributed by atoms with Crippen molar-refractivity contribution in [2.24, 2.45) is 0 Å². The van der Waals surface area contributed by atoms with Crippen molar-refractivity contribution in [1.82, 2.24) is 9.97 Å². The lowest BCUT2D eigenvalue weighted by Gasteiger charge is -1.95. The first-order valence-electron chi connectivity index (χ1n) is 4.12. The summed E-state index contributed by atoms with van der Waals surface area (Å²) in [5.74, 6) is 0. The maximum absolute atomic E-state index is 11.4. The Balaban J connectivity index is 2.87. The van der Waals surface area contributed by atoms with Gasteiger partial charge in [-0.3, -0.25) is 0 Å². The second kappa shape index (κ2) is 2.81. The molecule has 0 fully saturated rings. The minimum atomic E-state index is -3.17. The number of pyridine rings is 1. The third-order valence-electron chi connectivity index (χ3n) is 2.03. The Kier molecular flexibility index (Phi) is 1.85. The van der Waals surface area contributed by atoms with Gasteiger partial charge in [0.1, 0.15) is 5.65 Å². The predicted octanol–water partition coefficient (Wildman–Crippen LogP) is 1.27. The number of hydrogen-bond donors (Lipinski definition) is 1. The summed E-state index contributed by atoms with van der Waals surface area (Å²) < 4.78 is 22.7. The normalized spacial score (nSPS) is 12.1. The molecule has 1 N–H and O–H groups in total. The molecule has 0 amide bonds. The molecule has 2 heterocycles. The largest absolute Gasteiger partial charge is 0.345 e. The molecule has 0 aliphatic carbocycles. The maximum Gasteiger partial charge on any atom is 0.177 e. The molecule has 0 saturated heterocycles. The highest BCUT2D eigenvalue weighted by atomic mass is 32.2. The molecule has 74 valence electrons. The van der Waals surface area contributed by atoms with Gasteiger partial charge in [-0.2, -0.15) is 0 Å².